The van der Waals surface area contributed by atoms with E-state index in [1.165, 1.54) is 40.7 Å². The van der Waals surface area contributed by atoms with Gasteiger partial charge in [0, 0.05) is 0 Å². The molecule has 8 nitrogen and oxygen atoms in total. The molecule has 136 valence electrons. The third kappa shape index (κ3) is 6.02. The van der Waals surface area contributed by atoms with Gasteiger partial charge in [-0.05, 0) is 13.8 Å². The van der Waals surface area contributed by atoms with Crippen molar-refractivity contribution in [2.75, 3.05) is 0 Å². The summed E-state index contributed by atoms with van der Waals surface area (Å²) < 4.78 is 14.4. The number of carboxylic acids is 1. The maximum Gasteiger partial charge on any atom is 0.412 e. The predicted molar refractivity (Wildman–Crippen MR) is 82.3 cm³/mol. The zero-order valence-corrected chi connectivity index (χ0v) is 14.7. The van der Waals surface area contributed by atoms with E-state index in [-0.39, 0.29) is 0 Å². The average Bonchev–Trinajstić information content (AvgIpc) is 2.46. The Labute approximate surface area is 140 Å². The predicted octanol–water partition coefficient (Wildman–Crippen LogP) is 1.88. The highest BCUT2D eigenvalue weighted by atomic mass is 16.9. The van der Waals surface area contributed by atoms with Crippen molar-refractivity contribution in [1.29, 1.82) is 0 Å². The highest BCUT2D eigenvalue weighted by molar-refractivity contribution is 6.01. The van der Waals surface area contributed by atoms with E-state index in [0.717, 1.165) is 13.0 Å². The first-order chi connectivity index (χ1) is 11.0. The minimum Gasteiger partial charge on any atom is -0.480 e. The fourth-order valence-electron chi connectivity index (χ4n) is 1.30. The number of hydrogen-bond donors (Lipinski definition) is 1. The third-order valence-electron chi connectivity index (χ3n) is 2.94. The van der Waals surface area contributed by atoms with E-state index in [9.17, 15) is 24.3 Å². The van der Waals surface area contributed by atoms with Crippen LogP contribution in [0, 0.1) is 17.3 Å². The second-order valence-electron chi connectivity index (χ2n) is 5.88. The van der Waals surface area contributed by atoms with Crippen LogP contribution in [0.1, 0.15) is 41.5 Å². The fraction of sp³-hybridized carbons (Fsp3) is 0.625. The average molecular weight is 344 g/mol. The Bertz CT molecular complexity index is 498. The number of hydrogen-bond acceptors (Lipinski definition) is 7. The van der Waals surface area contributed by atoms with Crippen molar-refractivity contribution < 1.29 is 38.5 Å². The molecule has 0 spiro atoms. The molecule has 0 aromatic heterocycles. The van der Waals surface area contributed by atoms with Gasteiger partial charge in [-0.2, -0.15) is 0 Å². The number of ether oxygens (including phenoxy) is 3. The van der Waals surface area contributed by atoms with Crippen LogP contribution < -0.4 is 0 Å². The quantitative estimate of drug-likeness (QED) is 0.307. The number of esters is 3. The molecule has 0 heterocycles. The van der Waals surface area contributed by atoms with Crippen molar-refractivity contribution in [3.05, 3.63) is 12.2 Å². The van der Waals surface area contributed by atoms with Crippen molar-refractivity contribution in [3.8, 4) is 0 Å². The van der Waals surface area contributed by atoms with Gasteiger partial charge in [0.05, 0.1) is 11.8 Å². The van der Waals surface area contributed by atoms with Gasteiger partial charge in [0.15, 0.2) is 5.41 Å². The molecule has 0 aliphatic carbocycles. The van der Waals surface area contributed by atoms with Crippen LogP contribution in [0.15, 0.2) is 12.2 Å². The van der Waals surface area contributed by atoms with Crippen LogP contribution >= 0.6 is 0 Å². The molecule has 24 heavy (non-hydrogen) atoms. The molecule has 0 amide bonds. The van der Waals surface area contributed by atoms with Crippen LogP contribution in [-0.4, -0.2) is 35.5 Å². The third-order valence-corrected chi connectivity index (χ3v) is 2.94. The molecule has 0 aliphatic heterocycles. The van der Waals surface area contributed by atoms with E-state index < -0.39 is 47.6 Å². The lowest BCUT2D eigenvalue weighted by atomic mass is 9.90. The zero-order valence-electron chi connectivity index (χ0n) is 14.7. The first-order valence-corrected chi connectivity index (χ1v) is 7.45. The van der Waals surface area contributed by atoms with Crippen molar-refractivity contribution >= 4 is 23.9 Å². The normalized spacial score (nSPS) is 13.9. The van der Waals surface area contributed by atoms with E-state index >= 15 is 0 Å². The summed E-state index contributed by atoms with van der Waals surface area (Å²) >= 11 is 0. The van der Waals surface area contributed by atoms with Crippen LogP contribution in [-0.2, 0) is 33.4 Å². The molecular weight excluding hydrogens is 320 g/mol. The van der Waals surface area contributed by atoms with Crippen LogP contribution in [0.25, 0.3) is 0 Å². The van der Waals surface area contributed by atoms with Gasteiger partial charge in [-0.1, -0.05) is 39.8 Å². The van der Waals surface area contributed by atoms with E-state index in [0.29, 0.717) is 0 Å². The van der Waals surface area contributed by atoms with Gasteiger partial charge in [0.25, 0.3) is 0 Å². The summed E-state index contributed by atoms with van der Waals surface area (Å²) in [7, 11) is 0. The first kappa shape index (κ1) is 21.6. The first-order valence-electron chi connectivity index (χ1n) is 7.45. The molecule has 0 aromatic rings. The molecular formula is C16H24O8. The molecule has 0 saturated carbocycles. The van der Waals surface area contributed by atoms with Gasteiger partial charge in [0.2, 0.25) is 0 Å². The van der Waals surface area contributed by atoms with E-state index in [1.54, 1.807) is 0 Å². The molecule has 1 unspecified atom stereocenters. The fourth-order valence-corrected chi connectivity index (χ4v) is 1.30. The van der Waals surface area contributed by atoms with Crippen LogP contribution in [0.2, 0.25) is 0 Å². The zero-order chi connectivity index (χ0) is 19.1. The maximum absolute atomic E-state index is 12.2. The lowest BCUT2D eigenvalue weighted by Gasteiger charge is -2.24. The lowest BCUT2D eigenvalue weighted by molar-refractivity contribution is -0.263. The van der Waals surface area contributed by atoms with Crippen molar-refractivity contribution in [2.24, 2.45) is 17.3 Å². The highest BCUT2D eigenvalue weighted by Crippen LogP contribution is 2.23. The Hall–Kier alpha value is -2.38. The van der Waals surface area contributed by atoms with Gasteiger partial charge in [-0.25, -0.2) is 0 Å². The maximum atomic E-state index is 12.2. The van der Waals surface area contributed by atoms with E-state index in [2.05, 4.69) is 0 Å². The monoisotopic (exact) mass is 344 g/mol. The molecule has 0 rings (SSSR count). The van der Waals surface area contributed by atoms with Gasteiger partial charge in [-0.3, -0.25) is 19.2 Å². The Morgan fingerprint density at radius 1 is 0.917 bits per heavy atom. The number of carbonyl (C=O) groups excluding carboxylic acids is 3. The topological polar surface area (TPSA) is 116 Å². The van der Waals surface area contributed by atoms with Crippen LogP contribution in [0.4, 0.5) is 0 Å². The van der Waals surface area contributed by atoms with E-state index in [1.807, 2.05) is 0 Å². The largest absolute Gasteiger partial charge is 0.480 e. The molecule has 0 aromatic carbocycles. The second-order valence-corrected chi connectivity index (χ2v) is 5.88. The smallest absolute Gasteiger partial charge is 0.412 e. The van der Waals surface area contributed by atoms with Gasteiger partial charge in [0.1, 0.15) is 0 Å². The van der Waals surface area contributed by atoms with Crippen molar-refractivity contribution in [3.63, 3.8) is 0 Å². The molecule has 0 aliphatic rings. The molecule has 1 N–H and O–H groups in total. The molecule has 1 atom stereocenters. The number of allylic oxidation sites excluding steroid dienone is 1. The minimum atomic E-state index is -2.01. The molecule has 0 bridgehead atoms. The number of aliphatic carboxylic acids is 1. The summed E-state index contributed by atoms with van der Waals surface area (Å²) in [4.78, 5) is 46.8. The Kier molecular flexibility index (Phi) is 8.15. The van der Waals surface area contributed by atoms with Crippen molar-refractivity contribution in [1.82, 2.24) is 0 Å². The molecule has 0 fully saturated rings. The molecule has 0 radical (unpaired) electrons. The summed E-state index contributed by atoms with van der Waals surface area (Å²) in [5.74, 6) is -5.36. The Morgan fingerprint density at radius 3 is 1.62 bits per heavy atom. The van der Waals surface area contributed by atoms with Crippen LogP contribution in [0.3, 0.4) is 0 Å². The van der Waals surface area contributed by atoms with Crippen molar-refractivity contribution in [2.45, 2.75) is 48.0 Å². The van der Waals surface area contributed by atoms with E-state index in [4.69, 9.17) is 14.2 Å². The minimum absolute atomic E-state index is 0.564. The lowest BCUT2D eigenvalue weighted by Crippen LogP contribution is -2.41. The standard InChI is InChI=1S/C16H24O8/c1-7-8-16(6,13(19)20)14(21)24-15(22-11(17)9(2)3)23-12(18)10(4)5/h7-10,15H,1-6H3,(H,19,20). The van der Waals surface area contributed by atoms with Gasteiger partial charge >= 0.3 is 30.4 Å². The summed E-state index contributed by atoms with van der Waals surface area (Å²) in [6, 6.07) is 0. The highest BCUT2D eigenvalue weighted by Gasteiger charge is 2.43. The number of carboxylic acid groups (broad SMARTS) is 1. The van der Waals surface area contributed by atoms with Crippen LogP contribution in [0.5, 0.6) is 0 Å². The van der Waals surface area contributed by atoms with Gasteiger partial charge < -0.3 is 19.3 Å². The Balaban J connectivity index is 5.35. The molecule has 0 saturated heterocycles. The summed E-state index contributed by atoms with van der Waals surface area (Å²) in [5.41, 5.74) is -2.01. The van der Waals surface area contributed by atoms with Gasteiger partial charge in [-0.15, -0.1) is 0 Å². The summed E-state index contributed by atoms with van der Waals surface area (Å²) in [6.45, 7) is 6.83. The SMILES string of the molecule is CC=CC(C)(C(=O)O)C(=O)OC(OC(=O)C(C)C)OC(=O)C(C)C. The summed E-state index contributed by atoms with van der Waals surface area (Å²) in [6.07, 6.45) is 2.48. The second kappa shape index (κ2) is 9.05. The molecule has 8 heteroatoms. The summed E-state index contributed by atoms with van der Waals surface area (Å²) in [5, 5.41) is 9.22. The Morgan fingerprint density at radius 2 is 1.33 bits per heavy atom. The number of carbonyl (C=O) groups is 4. The number of rotatable bonds is 8.